The predicted molar refractivity (Wildman–Crippen MR) is 84.5 cm³/mol. The molecule has 0 saturated carbocycles. The van der Waals surface area contributed by atoms with Gasteiger partial charge in [0, 0.05) is 30.5 Å². The first-order chi connectivity index (χ1) is 10.8. The zero-order chi connectivity index (χ0) is 15.4. The molecule has 0 amide bonds. The molecule has 0 spiro atoms. The van der Waals surface area contributed by atoms with Crippen molar-refractivity contribution in [2.45, 2.75) is 13.0 Å². The van der Waals surface area contributed by atoms with Gasteiger partial charge in [-0.2, -0.15) is 5.10 Å². The number of fused-ring (bicyclic) bond motifs is 1. The molecule has 22 heavy (non-hydrogen) atoms. The molecule has 0 aliphatic carbocycles. The van der Waals surface area contributed by atoms with E-state index in [9.17, 15) is 4.39 Å². The Hall–Kier alpha value is -2.40. The lowest BCUT2D eigenvalue weighted by Gasteiger charge is -2.05. The van der Waals surface area contributed by atoms with Crippen LogP contribution < -0.4 is 10.1 Å². The summed E-state index contributed by atoms with van der Waals surface area (Å²) in [5.41, 5.74) is 2.65. The number of benzene rings is 2. The first-order valence-electron chi connectivity index (χ1n) is 7.23. The van der Waals surface area contributed by atoms with E-state index in [2.05, 4.69) is 15.5 Å². The van der Waals surface area contributed by atoms with E-state index in [0.717, 1.165) is 35.3 Å². The number of nitrogens with zero attached hydrogens (tertiary/aromatic N) is 1. The van der Waals surface area contributed by atoms with Crippen LogP contribution in [0.25, 0.3) is 10.9 Å². The highest BCUT2D eigenvalue weighted by Crippen LogP contribution is 2.22. The number of aromatic nitrogens is 2. The highest BCUT2D eigenvalue weighted by molar-refractivity contribution is 5.82. The topological polar surface area (TPSA) is 49.9 Å². The van der Waals surface area contributed by atoms with Gasteiger partial charge in [0.25, 0.3) is 0 Å². The Bertz CT molecular complexity index is 769. The van der Waals surface area contributed by atoms with Gasteiger partial charge in [-0.05, 0) is 24.3 Å². The summed E-state index contributed by atoms with van der Waals surface area (Å²) in [5, 5.41) is 11.7. The zero-order valence-electron chi connectivity index (χ0n) is 12.4. The second kappa shape index (κ2) is 6.58. The number of ether oxygens (including phenoxy) is 1. The van der Waals surface area contributed by atoms with Crippen molar-refractivity contribution >= 4 is 10.9 Å². The van der Waals surface area contributed by atoms with Crippen LogP contribution in [-0.2, 0) is 13.0 Å². The van der Waals surface area contributed by atoms with Crippen molar-refractivity contribution < 1.29 is 9.13 Å². The van der Waals surface area contributed by atoms with Gasteiger partial charge in [-0.15, -0.1) is 0 Å². The number of H-pyrrole nitrogens is 1. The fourth-order valence-electron chi connectivity index (χ4n) is 2.44. The third kappa shape index (κ3) is 3.09. The number of methoxy groups -OCH3 is 1. The van der Waals surface area contributed by atoms with Crippen LogP contribution >= 0.6 is 0 Å². The molecule has 3 aromatic rings. The average Bonchev–Trinajstić information content (AvgIpc) is 2.95. The molecule has 5 heteroatoms. The Kier molecular flexibility index (Phi) is 4.34. The van der Waals surface area contributed by atoms with Gasteiger partial charge in [-0.25, -0.2) is 4.39 Å². The third-order valence-electron chi connectivity index (χ3n) is 3.66. The number of nitrogens with one attached hydrogen (secondary N) is 2. The van der Waals surface area contributed by atoms with Crippen LogP contribution in [0.2, 0.25) is 0 Å². The van der Waals surface area contributed by atoms with Gasteiger partial charge in [0.05, 0.1) is 18.3 Å². The molecule has 0 atom stereocenters. The van der Waals surface area contributed by atoms with E-state index < -0.39 is 0 Å². The Morgan fingerprint density at radius 2 is 2.09 bits per heavy atom. The van der Waals surface area contributed by atoms with E-state index >= 15 is 0 Å². The molecule has 0 radical (unpaired) electrons. The molecule has 2 aromatic carbocycles. The number of aromatic amines is 1. The molecule has 0 saturated heterocycles. The number of hydrogen-bond donors (Lipinski definition) is 2. The van der Waals surface area contributed by atoms with Crippen LogP contribution in [0, 0.1) is 5.82 Å². The maximum Gasteiger partial charge on any atom is 0.127 e. The molecule has 4 nitrogen and oxygen atoms in total. The first kappa shape index (κ1) is 14.5. The molecule has 1 aromatic heterocycles. The molecule has 3 rings (SSSR count). The largest absolute Gasteiger partial charge is 0.497 e. The Labute approximate surface area is 128 Å². The summed E-state index contributed by atoms with van der Waals surface area (Å²) < 4.78 is 18.8. The first-order valence-corrected chi connectivity index (χ1v) is 7.23. The summed E-state index contributed by atoms with van der Waals surface area (Å²) in [4.78, 5) is 0. The smallest absolute Gasteiger partial charge is 0.127 e. The van der Waals surface area contributed by atoms with Gasteiger partial charge in [0.15, 0.2) is 0 Å². The standard InChI is InChI=1S/C17H18FN3O/c1-22-13-6-7-16-14(10-13)17(21-20-16)8-9-19-11-12-4-2-3-5-15(12)18/h2-7,10,19H,8-9,11H2,1H3,(H,20,21). The van der Waals surface area contributed by atoms with E-state index in [1.165, 1.54) is 6.07 Å². The monoisotopic (exact) mass is 299 g/mol. The van der Waals surface area contributed by atoms with Crippen molar-refractivity contribution in [2.75, 3.05) is 13.7 Å². The summed E-state index contributed by atoms with van der Waals surface area (Å²) in [7, 11) is 1.65. The molecular formula is C17H18FN3O. The fourth-order valence-corrected chi connectivity index (χ4v) is 2.44. The van der Waals surface area contributed by atoms with Crippen LogP contribution in [0.5, 0.6) is 5.75 Å². The number of hydrogen-bond acceptors (Lipinski definition) is 3. The SMILES string of the molecule is COc1ccc2[nH]nc(CCNCc3ccccc3F)c2c1. The molecule has 0 unspecified atom stereocenters. The Morgan fingerprint density at radius 1 is 1.23 bits per heavy atom. The lowest BCUT2D eigenvalue weighted by atomic mass is 10.1. The fraction of sp³-hybridized carbons (Fsp3) is 0.235. The summed E-state index contributed by atoms with van der Waals surface area (Å²) in [6.45, 7) is 1.24. The van der Waals surface area contributed by atoms with Crippen LogP contribution in [0.1, 0.15) is 11.3 Å². The van der Waals surface area contributed by atoms with Crippen LogP contribution in [-0.4, -0.2) is 23.9 Å². The molecule has 114 valence electrons. The van der Waals surface area contributed by atoms with E-state index in [0.29, 0.717) is 12.1 Å². The molecule has 0 bridgehead atoms. The highest BCUT2D eigenvalue weighted by Gasteiger charge is 2.07. The zero-order valence-corrected chi connectivity index (χ0v) is 12.4. The van der Waals surface area contributed by atoms with Crippen molar-refractivity contribution in [3.05, 3.63) is 59.5 Å². The molecule has 1 heterocycles. The summed E-state index contributed by atoms with van der Waals surface area (Å²) in [5.74, 6) is 0.638. The third-order valence-corrected chi connectivity index (χ3v) is 3.66. The number of halogens is 1. The Balaban J connectivity index is 1.61. The van der Waals surface area contributed by atoms with Gasteiger partial charge >= 0.3 is 0 Å². The van der Waals surface area contributed by atoms with Gasteiger partial charge < -0.3 is 10.1 Å². The predicted octanol–water partition coefficient (Wildman–Crippen LogP) is 3.04. The van der Waals surface area contributed by atoms with Gasteiger partial charge in [0.1, 0.15) is 11.6 Å². The van der Waals surface area contributed by atoms with Crippen molar-refractivity contribution in [1.82, 2.24) is 15.5 Å². The normalized spacial score (nSPS) is 11.0. The van der Waals surface area contributed by atoms with Crippen LogP contribution in [0.3, 0.4) is 0 Å². The minimum Gasteiger partial charge on any atom is -0.497 e. The maximum absolute atomic E-state index is 13.5. The van der Waals surface area contributed by atoms with Crippen LogP contribution in [0.15, 0.2) is 42.5 Å². The average molecular weight is 299 g/mol. The van der Waals surface area contributed by atoms with Crippen molar-refractivity contribution in [3.63, 3.8) is 0 Å². The molecule has 2 N–H and O–H groups in total. The van der Waals surface area contributed by atoms with E-state index in [1.54, 1.807) is 19.2 Å². The van der Waals surface area contributed by atoms with Crippen molar-refractivity contribution in [1.29, 1.82) is 0 Å². The summed E-state index contributed by atoms with van der Waals surface area (Å²) in [6, 6.07) is 12.6. The second-order valence-electron chi connectivity index (χ2n) is 5.10. The summed E-state index contributed by atoms with van der Waals surface area (Å²) in [6.07, 6.45) is 0.765. The molecule has 0 fully saturated rings. The minimum absolute atomic E-state index is 0.176. The highest BCUT2D eigenvalue weighted by atomic mass is 19.1. The van der Waals surface area contributed by atoms with Gasteiger partial charge in [-0.1, -0.05) is 18.2 Å². The van der Waals surface area contributed by atoms with E-state index in [4.69, 9.17) is 4.74 Å². The lowest BCUT2D eigenvalue weighted by Crippen LogP contribution is -2.17. The molecule has 0 aliphatic heterocycles. The minimum atomic E-state index is -0.176. The van der Waals surface area contributed by atoms with Crippen LogP contribution in [0.4, 0.5) is 4.39 Å². The van der Waals surface area contributed by atoms with Gasteiger partial charge in [0.2, 0.25) is 0 Å². The second-order valence-corrected chi connectivity index (χ2v) is 5.10. The maximum atomic E-state index is 13.5. The Morgan fingerprint density at radius 3 is 2.91 bits per heavy atom. The van der Waals surface area contributed by atoms with Crippen molar-refractivity contribution in [2.24, 2.45) is 0 Å². The summed E-state index contributed by atoms with van der Waals surface area (Å²) >= 11 is 0. The quantitative estimate of drug-likeness (QED) is 0.688. The molecule has 0 aliphatic rings. The van der Waals surface area contributed by atoms with Crippen molar-refractivity contribution in [3.8, 4) is 5.75 Å². The van der Waals surface area contributed by atoms with E-state index in [1.807, 2.05) is 24.3 Å². The molecular weight excluding hydrogens is 281 g/mol. The lowest BCUT2D eigenvalue weighted by molar-refractivity contribution is 0.415. The number of rotatable bonds is 6. The van der Waals surface area contributed by atoms with Gasteiger partial charge in [-0.3, -0.25) is 5.10 Å². The van der Waals surface area contributed by atoms with E-state index in [-0.39, 0.29) is 5.82 Å².